The predicted molar refractivity (Wildman–Crippen MR) is 124 cm³/mol. The Labute approximate surface area is 198 Å². The molecule has 5 rings (SSSR count). The second kappa shape index (κ2) is 10.0. The van der Waals surface area contributed by atoms with Gasteiger partial charge in [-0.25, -0.2) is 0 Å². The van der Waals surface area contributed by atoms with Crippen molar-refractivity contribution in [2.24, 2.45) is 0 Å². The fourth-order valence-electron chi connectivity index (χ4n) is 5.07. The predicted octanol–water partition coefficient (Wildman–Crippen LogP) is 2.02. The molecular formula is C24H31N5O5. The first-order valence-corrected chi connectivity index (χ1v) is 11.9. The van der Waals surface area contributed by atoms with Crippen molar-refractivity contribution < 1.29 is 23.8 Å². The zero-order chi connectivity index (χ0) is 23.4. The first-order valence-electron chi connectivity index (χ1n) is 11.9. The van der Waals surface area contributed by atoms with E-state index in [0.717, 1.165) is 39.1 Å². The molecule has 1 aromatic carbocycles. The molecule has 1 aromatic heterocycles. The standard InChI is InChI=1S/C24H31N5O5/c30-22(25-16-24(6-2-1-3-7-24)28-8-10-32-11-9-28)15-29-14-19(13-26-29)27-23(31)18-4-5-20-21(12-18)34-17-33-20/h4-5,12-14H,1-3,6-11,15-17H2,(H,25,30)(H,27,31). The van der Waals surface area contributed by atoms with Crippen LogP contribution in [0.5, 0.6) is 11.5 Å². The molecule has 0 unspecified atom stereocenters. The minimum atomic E-state index is -0.285. The lowest BCUT2D eigenvalue weighted by Crippen LogP contribution is -2.59. The third-order valence-electron chi connectivity index (χ3n) is 6.91. The van der Waals surface area contributed by atoms with E-state index in [-0.39, 0.29) is 30.7 Å². The molecule has 0 spiro atoms. The molecule has 10 nitrogen and oxygen atoms in total. The summed E-state index contributed by atoms with van der Waals surface area (Å²) < 4.78 is 17.7. The fourth-order valence-corrected chi connectivity index (χ4v) is 5.07. The summed E-state index contributed by atoms with van der Waals surface area (Å²) in [4.78, 5) is 27.8. The summed E-state index contributed by atoms with van der Waals surface area (Å²) in [6.45, 7) is 4.24. The second-order valence-corrected chi connectivity index (χ2v) is 9.11. The van der Waals surface area contributed by atoms with E-state index < -0.39 is 0 Å². The summed E-state index contributed by atoms with van der Waals surface area (Å²) in [7, 11) is 0. The highest BCUT2D eigenvalue weighted by Crippen LogP contribution is 2.34. The van der Waals surface area contributed by atoms with Gasteiger partial charge in [0.15, 0.2) is 11.5 Å². The maximum absolute atomic E-state index is 12.7. The largest absolute Gasteiger partial charge is 0.454 e. The van der Waals surface area contributed by atoms with E-state index in [1.165, 1.54) is 30.1 Å². The average molecular weight is 470 g/mol. The molecule has 3 heterocycles. The number of nitrogens with one attached hydrogen (secondary N) is 2. The number of rotatable bonds is 7. The second-order valence-electron chi connectivity index (χ2n) is 9.11. The zero-order valence-corrected chi connectivity index (χ0v) is 19.3. The number of carbonyl (C=O) groups excluding carboxylic acids is 2. The van der Waals surface area contributed by atoms with Gasteiger partial charge in [0.1, 0.15) is 6.54 Å². The van der Waals surface area contributed by atoms with Gasteiger partial charge in [-0.05, 0) is 31.0 Å². The molecule has 3 aliphatic rings. The number of hydrogen-bond donors (Lipinski definition) is 2. The Morgan fingerprint density at radius 3 is 2.68 bits per heavy atom. The molecule has 2 amide bonds. The van der Waals surface area contributed by atoms with E-state index in [9.17, 15) is 9.59 Å². The normalized spacial score (nSPS) is 19.5. The SMILES string of the molecule is O=C(Cn1cc(NC(=O)c2ccc3c(c2)OCO3)cn1)NCC1(N2CCOCC2)CCCCC1. The number of hydrogen-bond acceptors (Lipinski definition) is 7. The van der Waals surface area contributed by atoms with Crippen molar-refractivity contribution in [1.82, 2.24) is 20.0 Å². The molecular weight excluding hydrogens is 438 g/mol. The highest BCUT2D eigenvalue weighted by atomic mass is 16.7. The van der Waals surface area contributed by atoms with Crippen LogP contribution in [0.25, 0.3) is 0 Å². The van der Waals surface area contributed by atoms with E-state index in [2.05, 4.69) is 20.6 Å². The minimum Gasteiger partial charge on any atom is -0.454 e. The summed E-state index contributed by atoms with van der Waals surface area (Å²) in [6, 6.07) is 5.03. The Hall–Kier alpha value is -3.11. The van der Waals surface area contributed by atoms with Gasteiger partial charge in [-0.15, -0.1) is 0 Å². The Balaban J connectivity index is 1.15. The summed E-state index contributed by atoms with van der Waals surface area (Å²) in [5, 5.41) is 10.2. The molecule has 34 heavy (non-hydrogen) atoms. The van der Waals surface area contributed by atoms with Crippen LogP contribution in [0, 0.1) is 0 Å². The molecule has 0 atom stereocenters. The van der Waals surface area contributed by atoms with E-state index in [0.29, 0.717) is 29.3 Å². The first-order chi connectivity index (χ1) is 16.6. The molecule has 1 saturated heterocycles. The van der Waals surface area contributed by atoms with Crippen molar-refractivity contribution in [3.8, 4) is 11.5 Å². The number of amides is 2. The molecule has 2 aliphatic heterocycles. The Bertz CT molecular complexity index is 1030. The van der Waals surface area contributed by atoms with Crippen molar-refractivity contribution >= 4 is 17.5 Å². The molecule has 2 N–H and O–H groups in total. The van der Waals surface area contributed by atoms with E-state index >= 15 is 0 Å². The first kappa shape index (κ1) is 22.7. The van der Waals surface area contributed by atoms with Crippen LogP contribution in [0.4, 0.5) is 5.69 Å². The number of benzene rings is 1. The van der Waals surface area contributed by atoms with Crippen molar-refractivity contribution in [2.45, 2.75) is 44.2 Å². The molecule has 0 bridgehead atoms. The Morgan fingerprint density at radius 2 is 1.85 bits per heavy atom. The maximum Gasteiger partial charge on any atom is 0.255 e. The lowest BCUT2D eigenvalue weighted by Gasteiger charge is -2.48. The van der Waals surface area contributed by atoms with Gasteiger partial charge in [0.25, 0.3) is 5.91 Å². The molecule has 1 saturated carbocycles. The third kappa shape index (κ3) is 5.02. The smallest absolute Gasteiger partial charge is 0.255 e. The number of fused-ring (bicyclic) bond motifs is 1. The van der Waals surface area contributed by atoms with E-state index in [4.69, 9.17) is 14.2 Å². The van der Waals surface area contributed by atoms with Crippen LogP contribution < -0.4 is 20.1 Å². The number of carbonyl (C=O) groups is 2. The van der Waals surface area contributed by atoms with Crippen LogP contribution in [0.2, 0.25) is 0 Å². The number of morpholine rings is 1. The van der Waals surface area contributed by atoms with Gasteiger partial charge in [-0.1, -0.05) is 19.3 Å². The van der Waals surface area contributed by atoms with Crippen LogP contribution >= 0.6 is 0 Å². The van der Waals surface area contributed by atoms with Crippen molar-refractivity contribution in [3.63, 3.8) is 0 Å². The molecule has 2 fully saturated rings. The van der Waals surface area contributed by atoms with Crippen molar-refractivity contribution in [3.05, 3.63) is 36.2 Å². The van der Waals surface area contributed by atoms with E-state index in [1.54, 1.807) is 24.4 Å². The number of aromatic nitrogens is 2. The summed E-state index contributed by atoms with van der Waals surface area (Å²) in [6.07, 6.45) is 9.04. The van der Waals surface area contributed by atoms with Gasteiger partial charge in [-0.2, -0.15) is 5.10 Å². The summed E-state index contributed by atoms with van der Waals surface area (Å²) in [5.41, 5.74) is 0.995. The van der Waals surface area contributed by atoms with Gasteiger partial charge < -0.3 is 24.8 Å². The van der Waals surface area contributed by atoms with Crippen LogP contribution in [0.15, 0.2) is 30.6 Å². The number of ether oxygens (including phenoxy) is 3. The lowest BCUT2D eigenvalue weighted by atomic mass is 9.79. The zero-order valence-electron chi connectivity index (χ0n) is 19.3. The van der Waals surface area contributed by atoms with Crippen LogP contribution in [0.1, 0.15) is 42.5 Å². The number of anilines is 1. The summed E-state index contributed by atoms with van der Waals surface area (Å²) in [5.74, 6) is 0.800. The van der Waals surface area contributed by atoms with E-state index in [1.807, 2.05) is 0 Å². The monoisotopic (exact) mass is 469 g/mol. The van der Waals surface area contributed by atoms with Crippen LogP contribution in [0.3, 0.4) is 0 Å². The van der Waals surface area contributed by atoms with Gasteiger partial charge >= 0.3 is 0 Å². The van der Waals surface area contributed by atoms with Crippen LogP contribution in [-0.4, -0.2) is 71.7 Å². The highest BCUT2D eigenvalue weighted by molar-refractivity contribution is 6.04. The highest BCUT2D eigenvalue weighted by Gasteiger charge is 2.38. The topological polar surface area (TPSA) is 107 Å². The van der Waals surface area contributed by atoms with Crippen molar-refractivity contribution in [1.29, 1.82) is 0 Å². The van der Waals surface area contributed by atoms with Gasteiger partial charge in [0.05, 0.1) is 25.1 Å². The quantitative estimate of drug-likeness (QED) is 0.639. The Morgan fingerprint density at radius 1 is 1.06 bits per heavy atom. The fraction of sp³-hybridized carbons (Fsp3) is 0.542. The van der Waals surface area contributed by atoms with Crippen molar-refractivity contribution in [2.75, 3.05) is 45.0 Å². The molecule has 182 valence electrons. The molecule has 10 heteroatoms. The molecule has 1 aliphatic carbocycles. The van der Waals surface area contributed by atoms with Gasteiger partial charge in [0, 0.05) is 36.9 Å². The number of nitrogens with zero attached hydrogens (tertiary/aromatic N) is 3. The van der Waals surface area contributed by atoms with Gasteiger partial charge in [0.2, 0.25) is 12.7 Å². The lowest BCUT2D eigenvalue weighted by molar-refractivity contribution is -0.123. The maximum atomic E-state index is 12.7. The van der Waals surface area contributed by atoms with Crippen LogP contribution in [-0.2, 0) is 16.1 Å². The molecule has 0 radical (unpaired) electrons. The molecule has 2 aromatic rings. The third-order valence-corrected chi connectivity index (χ3v) is 6.91. The Kier molecular flexibility index (Phi) is 6.68. The van der Waals surface area contributed by atoms with Gasteiger partial charge in [-0.3, -0.25) is 19.2 Å². The summed E-state index contributed by atoms with van der Waals surface area (Å²) >= 11 is 0. The average Bonchev–Trinajstić information content (AvgIpc) is 3.52. The minimum absolute atomic E-state index is 0.0194.